The first-order chi connectivity index (χ1) is 18.9. The predicted molar refractivity (Wildman–Crippen MR) is 150 cm³/mol. The number of allylic oxidation sites excluding steroid dienone is 1. The Labute approximate surface area is 237 Å². The third-order valence-electron chi connectivity index (χ3n) is 12.1. The second kappa shape index (κ2) is 9.99. The van der Waals surface area contributed by atoms with Crippen molar-refractivity contribution in [2.24, 2.45) is 22.7 Å². The number of aliphatic hydroxyl groups excluding tert-OH is 3. The summed E-state index contributed by atoms with van der Waals surface area (Å²) in [4.78, 5) is 11.8. The molecule has 4 fully saturated rings. The van der Waals surface area contributed by atoms with Crippen LogP contribution in [0, 0.1) is 22.7 Å². The van der Waals surface area contributed by atoms with Crippen LogP contribution in [-0.4, -0.2) is 68.6 Å². The molecule has 6 rings (SSSR count). The van der Waals surface area contributed by atoms with E-state index < -0.39 is 36.3 Å². The minimum absolute atomic E-state index is 0.00387. The number of rotatable bonds is 4. The number of aliphatic hydroxyl groups is 4. The van der Waals surface area contributed by atoms with Crippen molar-refractivity contribution >= 4 is 5.78 Å². The van der Waals surface area contributed by atoms with Crippen molar-refractivity contribution in [3.8, 4) is 0 Å². The monoisotopic (exact) mass is 554 g/mol. The first-order valence-corrected chi connectivity index (χ1v) is 15.3. The highest BCUT2D eigenvalue weighted by atomic mass is 16.7. The Morgan fingerprint density at radius 2 is 1.65 bits per heavy atom. The van der Waals surface area contributed by atoms with Crippen molar-refractivity contribution in [1.29, 1.82) is 0 Å². The largest absolute Gasteiger partial charge is 0.389 e. The summed E-state index contributed by atoms with van der Waals surface area (Å²) in [6.07, 6.45) is 4.07. The third kappa shape index (κ3) is 4.18. The van der Waals surface area contributed by atoms with Crippen molar-refractivity contribution in [2.45, 2.75) is 127 Å². The summed E-state index contributed by atoms with van der Waals surface area (Å²) in [7, 11) is 0. The predicted octanol–water partition coefficient (Wildman–Crippen LogP) is 4.26. The number of carbonyl (C=O) groups excluding carboxylic acids is 1. The molecule has 0 amide bonds. The molecule has 7 heteroatoms. The summed E-state index contributed by atoms with van der Waals surface area (Å²) >= 11 is 0. The molecule has 220 valence electrons. The molecule has 3 saturated carbocycles. The SMILES string of the molecule is CC(=O)c1ccc([C@H]2CC[C@]3(O)[C@@H]4CCC5=C[C@@H](O[C@@H]6O[C@@H](C)[C@H](O)[C@@H](O)[C@H]6O)CC[C@]5(C)[C@H]4CC[C@]23C)cc1. The molecule has 5 aliphatic rings. The van der Waals surface area contributed by atoms with Crippen LogP contribution in [0.4, 0.5) is 0 Å². The smallest absolute Gasteiger partial charge is 0.187 e. The minimum Gasteiger partial charge on any atom is -0.389 e. The lowest BCUT2D eigenvalue weighted by molar-refractivity contribution is -0.301. The van der Waals surface area contributed by atoms with Crippen LogP contribution in [0.2, 0.25) is 0 Å². The molecule has 4 aliphatic carbocycles. The van der Waals surface area contributed by atoms with Gasteiger partial charge in [-0.25, -0.2) is 0 Å². The van der Waals surface area contributed by atoms with Gasteiger partial charge in [0.1, 0.15) is 18.3 Å². The van der Waals surface area contributed by atoms with Gasteiger partial charge in [-0.2, -0.15) is 0 Å². The van der Waals surface area contributed by atoms with Gasteiger partial charge in [0, 0.05) is 11.0 Å². The lowest BCUT2D eigenvalue weighted by Gasteiger charge is -2.62. The van der Waals surface area contributed by atoms with Gasteiger partial charge in [-0.05, 0) is 93.9 Å². The van der Waals surface area contributed by atoms with Crippen molar-refractivity contribution in [3.63, 3.8) is 0 Å². The van der Waals surface area contributed by atoms with E-state index in [-0.39, 0.29) is 34.6 Å². The van der Waals surface area contributed by atoms with E-state index in [0.717, 1.165) is 56.9 Å². The van der Waals surface area contributed by atoms with Crippen molar-refractivity contribution in [2.75, 3.05) is 0 Å². The topological polar surface area (TPSA) is 116 Å². The highest BCUT2D eigenvalue weighted by molar-refractivity contribution is 5.94. The van der Waals surface area contributed by atoms with Gasteiger partial charge < -0.3 is 29.9 Å². The van der Waals surface area contributed by atoms with E-state index in [2.05, 4.69) is 32.1 Å². The zero-order valence-corrected chi connectivity index (χ0v) is 24.3. The average molecular weight is 555 g/mol. The Kier molecular flexibility index (Phi) is 7.12. The van der Waals surface area contributed by atoms with Gasteiger partial charge in [0.05, 0.1) is 17.8 Å². The zero-order valence-electron chi connectivity index (χ0n) is 24.3. The van der Waals surface area contributed by atoms with Crippen molar-refractivity contribution in [1.82, 2.24) is 0 Å². The Bertz CT molecular complexity index is 1160. The molecule has 1 saturated heterocycles. The maximum atomic E-state index is 12.5. The second-order valence-corrected chi connectivity index (χ2v) is 13.9. The molecule has 1 aromatic rings. The van der Waals surface area contributed by atoms with Gasteiger partial charge in [0.15, 0.2) is 12.1 Å². The number of ether oxygens (including phenoxy) is 2. The van der Waals surface area contributed by atoms with Crippen LogP contribution in [0.3, 0.4) is 0 Å². The fourth-order valence-electron chi connectivity index (χ4n) is 9.56. The van der Waals surface area contributed by atoms with Gasteiger partial charge >= 0.3 is 0 Å². The summed E-state index contributed by atoms with van der Waals surface area (Å²) in [6, 6.07) is 8.07. The fraction of sp³-hybridized carbons (Fsp3) is 0.727. The molecule has 4 N–H and O–H groups in total. The first kappa shape index (κ1) is 28.5. The molecule has 7 nitrogen and oxygen atoms in total. The number of fused-ring (bicyclic) bond motifs is 5. The number of ketones is 1. The van der Waals surface area contributed by atoms with Gasteiger partial charge in [-0.1, -0.05) is 49.8 Å². The minimum atomic E-state index is -1.30. The summed E-state index contributed by atoms with van der Waals surface area (Å²) in [6.45, 7) is 7.95. The molecule has 1 aromatic carbocycles. The fourth-order valence-corrected chi connectivity index (χ4v) is 9.56. The average Bonchev–Trinajstić information content (AvgIpc) is 3.21. The quantitative estimate of drug-likeness (QED) is 0.325. The van der Waals surface area contributed by atoms with Crippen LogP contribution >= 0.6 is 0 Å². The lowest BCUT2D eigenvalue weighted by Crippen LogP contribution is -2.60. The zero-order chi connectivity index (χ0) is 28.6. The summed E-state index contributed by atoms with van der Waals surface area (Å²) < 4.78 is 11.9. The summed E-state index contributed by atoms with van der Waals surface area (Å²) in [5, 5.41) is 43.2. The van der Waals surface area contributed by atoms with E-state index in [4.69, 9.17) is 9.47 Å². The van der Waals surface area contributed by atoms with E-state index in [0.29, 0.717) is 5.92 Å². The molecule has 12 atom stereocenters. The summed E-state index contributed by atoms with van der Waals surface area (Å²) in [5.41, 5.74) is 2.44. The Hall–Kier alpha value is -1.61. The maximum Gasteiger partial charge on any atom is 0.187 e. The first-order valence-electron chi connectivity index (χ1n) is 15.3. The van der Waals surface area contributed by atoms with Crippen LogP contribution < -0.4 is 0 Å². The molecular weight excluding hydrogens is 508 g/mol. The Morgan fingerprint density at radius 1 is 0.925 bits per heavy atom. The van der Waals surface area contributed by atoms with Crippen LogP contribution in [-0.2, 0) is 9.47 Å². The second-order valence-electron chi connectivity index (χ2n) is 13.9. The Balaban J connectivity index is 1.20. The van der Waals surface area contributed by atoms with Crippen LogP contribution in [0.5, 0.6) is 0 Å². The molecule has 0 aromatic heterocycles. The van der Waals surface area contributed by atoms with Gasteiger partial charge in [0.25, 0.3) is 0 Å². The van der Waals surface area contributed by atoms with Crippen molar-refractivity contribution in [3.05, 3.63) is 47.0 Å². The molecule has 40 heavy (non-hydrogen) atoms. The number of hydrogen-bond acceptors (Lipinski definition) is 7. The molecule has 1 aliphatic heterocycles. The number of hydrogen-bond donors (Lipinski definition) is 4. The molecule has 0 spiro atoms. The molecule has 0 radical (unpaired) electrons. The molecule has 1 heterocycles. The molecule has 0 unspecified atom stereocenters. The third-order valence-corrected chi connectivity index (χ3v) is 12.1. The van der Waals surface area contributed by atoms with Crippen LogP contribution in [0.15, 0.2) is 35.9 Å². The van der Waals surface area contributed by atoms with E-state index in [1.54, 1.807) is 13.8 Å². The number of benzene rings is 1. The highest BCUT2D eigenvalue weighted by Crippen LogP contribution is 2.70. The number of Topliss-reactive ketones (excluding diaryl/α,β-unsaturated/α-hetero) is 1. The Morgan fingerprint density at radius 3 is 2.35 bits per heavy atom. The highest BCUT2D eigenvalue weighted by Gasteiger charge is 2.66. The van der Waals surface area contributed by atoms with E-state index in [1.165, 1.54) is 11.1 Å². The molecule has 0 bridgehead atoms. The standard InChI is InChI=1S/C33H46O7/c1-18(34)20-5-7-21(8-6-20)24-13-16-33(38)26-10-9-22-17-23(40-30-29(37)28(36)27(35)19(2)39-30)11-14-31(22,3)25(26)12-15-32(24,33)4/h5-8,17,19,23-30,35-38H,9-16H2,1-4H3/t19-,23-,24+,25-,26+,27-,28+,29+,30-,31-,32+,33-/m0/s1. The van der Waals surface area contributed by atoms with Crippen LogP contribution in [0.1, 0.15) is 101 Å². The van der Waals surface area contributed by atoms with Crippen LogP contribution in [0.25, 0.3) is 0 Å². The van der Waals surface area contributed by atoms with Gasteiger partial charge in [-0.15, -0.1) is 0 Å². The molecular formula is C33H46O7. The summed E-state index contributed by atoms with van der Waals surface area (Å²) in [5.74, 6) is 1.01. The van der Waals surface area contributed by atoms with Crippen molar-refractivity contribution < 1.29 is 34.7 Å². The maximum absolute atomic E-state index is 12.5. The van der Waals surface area contributed by atoms with E-state index >= 15 is 0 Å². The van der Waals surface area contributed by atoms with E-state index in [1.807, 2.05) is 12.1 Å². The van der Waals surface area contributed by atoms with Gasteiger partial charge in [-0.3, -0.25) is 4.79 Å². The van der Waals surface area contributed by atoms with E-state index in [9.17, 15) is 25.2 Å². The lowest BCUT2D eigenvalue weighted by atomic mass is 9.45. The van der Waals surface area contributed by atoms with Gasteiger partial charge in [0.2, 0.25) is 0 Å². The number of carbonyl (C=O) groups is 1. The normalized spacial score (nSPS) is 48.5.